The highest BCUT2D eigenvalue weighted by Gasteiger charge is 2.13. The Morgan fingerprint density at radius 2 is 1.63 bits per heavy atom. The second-order valence-corrected chi connectivity index (χ2v) is 8.71. The number of pyridine rings is 2. The van der Waals surface area contributed by atoms with Crippen LogP contribution in [0.2, 0.25) is 0 Å². The minimum atomic E-state index is -0.270. The molecule has 8 heteroatoms. The molecule has 3 heterocycles. The maximum atomic E-state index is 14.2. The lowest BCUT2D eigenvalue weighted by Gasteiger charge is -2.12. The van der Waals surface area contributed by atoms with Crippen LogP contribution in [0.5, 0.6) is 17.2 Å². The standard InChI is InChI=1S/C30H22FN5O2/c1-18-7-8-19(15-25(18)31)28-23-5-3-4-6-24(23)30(36-35-28)34-20-9-11-21(12-10-20)38-27-13-14-32-26-16-22(37-2)17-33-29(26)27/h3-17H,1-2H3,(H,34,36). The number of aromatic nitrogens is 4. The fraction of sp³-hybridized carbons (Fsp3) is 0.0667. The molecule has 0 aliphatic carbocycles. The van der Waals surface area contributed by atoms with Gasteiger partial charge in [-0.3, -0.25) is 4.98 Å². The molecule has 0 amide bonds. The van der Waals surface area contributed by atoms with Gasteiger partial charge in [0.1, 0.15) is 28.5 Å². The first-order valence-electron chi connectivity index (χ1n) is 11.9. The number of hydrogen-bond acceptors (Lipinski definition) is 7. The van der Waals surface area contributed by atoms with Crippen molar-refractivity contribution >= 4 is 33.3 Å². The van der Waals surface area contributed by atoms with Gasteiger partial charge in [-0.05, 0) is 42.8 Å². The summed E-state index contributed by atoms with van der Waals surface area (Å²) in [7, 11) is 1.59. The molecule has 7 nitrogen and oxygen atoms in total. The largest absolute Gasteiger partial charge is 0.495 e. The lowest BCUT2D eigenvalue weighted by atomic mass is 10.0. The number of benzene rings is 3. The van der Waals surface area contributed by atoms with Crippen molar-refractivity contribution in [1.82, 2.24) is 20.2 Å². The second-order valence-electron chi connectivity index (χ2n) is 8.71. The number of ether oxygens (including phenoxy) is 2. The summed E-state index contributed by atoms with van der Waals surface area (Å²) < 4.78 is 25.6. The molecule has 3 aromatic heterocycles. The van der Waals surface area contributed by atoms with Crippen molar-refractivity contribution in [3.63, 3.8) is 0 Å². The van der Waals surface area contributed by atoms with Crippen LogP contribution in [0, 0.1) is 12.7 Å². The van der Waals surface area contributed by atoms with Gasteiger partial charge in [0, 0.05) is 40.4 Å². The van der Waals surface area contributed by atoms with Crippen molar-refractivity contribution in [1.29, 1.82) is 0 Å². The van der Waals surface area contributed by atoms with Crippen molar-refractivity contribution in [2.75, 3.05) is 12.4 Å². The number of nitrogens with zero attached hydrogens (tertiary/aromatic N) is 4. The topological polar surface area (TPSA) is 82.0 Å². The third-order valence-electron chi connectivity index (χ3n) is 6.23. The number of fused-ring (bicyclic) bond motifs is 2. The van der Waals surface area contributed by atoms with Gasteiger partial charge >= 0.3 is 0 Å². The summed E-state index contributed by atoms with van der Waals surface area (Å²) in [5, 5.41) is 14.0. The fourth-order valence-electron chi connectivity index (χ4n) is 4.20. The highest BCUT2D eigenvalue weighted by molar-refractivity contribution is 6.00. The van der Waals surface area contributed by atoms with E-state index in [4.69, 9.17) is 9.47 Å². The van der Waals surface area contributed by atoms with Crippen molar-refractivity contribution < 1.29 is 13.9 Å². The van der Waals surface area contributed by atoms with Crippen LogP contribution in [0.1, 0.15) is 5.56 Å². The second kappa shape index (κ2) is 9.74. The molecule has 0 saturated carbocycles. The monoisotopic (exact) mass is 503 g/mol. The first-order valence-corrected chi connectivity index (χ1v) is 11.9. The van der Waals surface area contributed by atoms with Crippen LogP contribution < -0.4 is 14.8 Å². The van der Waals surface area contributed by atoms with Gasteiger partial charge < -0.3 is 14.8 Å². The minimum absolute atomic E-state index is 0.270. The van der Waals surface area contributed by atoms with Gasteiger partial charge in [0.2, 0.25) is 0 Å². The van der Waals surface area contributed by atoms with E-state index in [1.165, 1.54) is 6.07 Å². The lowest BCUT2D eigenvalue weighted by molar-refractivity contribution is 0.413. The summed E-state index contributed by atoms with van der Waals surface area (Å²) >= 11 is 0. The Labute approximate surface area is 217 Å². The van der Waals surface area contributed by atoms with E-state index < -0.39 is 0 Å². The zero-order valence-electron chi connectivity index (χ0n) is 20.6. The van der Waals surface area contributed by atoms with Crippen LogP contribution >= 0.6 is 0 Å². The van der Waals surface area contributed by atoms with E-state index in [1.54, 1.807) is 38.6 Å². The van der Waals surface area contributed by atoms with Gasteiger partial charge in [-0.2, -0.15) is 0 Å². The normalized spacial score (nSPS) is 11.0. The third-order valence-corrected chi connectivity index (χ3v) is 6.23. The summed E-state index contributed by atoms with van der Waals surface area (Å²) in [5.41, 5.74) is 4.04. The summed E-state index contributed by atoms with van der Waals surface area (Å²) in [6, 6.07) is 24.0. The van der Waals surface area contributed by atoms with E-state index in [-0.39, 0.29) is 5.82 Å². The summed E-state index contributed by atoms with van der Waals surface area (Å²) in [4.78, 5) is 8.78. The number of hydrogen-bond donors (Lipinski definition) is 1. The summed E-state index contributed by atoms with van der Waals surface area (Å²) in [6.07, 6.45) is 3.31. The molecular formula is C30H22FN5O2. The van der Waals surface area contributed by atoms with Crippen LogP contribution in [0.4, 0.5) is 15.9 Å². The van der Waals surface area contributed by atoms with Crippen molar-refractivity contribution in [2.24, 2.45) is 0 Å². The highest BCUT2D eigenvalue weighted by atomic mass is 19.1. The molecule has 0 saturated heterocycles. The summed E-state index contributed by atoms with van der Waals surface area (Å²) in [5.74, 6) is 2.20. The molecule has 186 valence electrons. The van der Waals surface area contributed by atoms with Gasteiger partial charge in [-0.25, -0.2) is 9.37 Å². The van der Waals surface area contributed by atoms with Crippen molar-refractivity contribution in [3.05, 3.63) is 103 Å². The Bertz CT molecular complexity index is 1790. The van der Waals surface area contributed by atoms with E-state index in [1.807, 2.05) is 60.7 Å². The number of aryl methyl sites for hydroxylation is 1. The third kappa shape index (κ3) is 4.43. The van der Waals surface area contributed by atoms with Gasteiger partial charge in [-0.1, -0.05) is 36.4 Å². The Balaban J connectivity index is 1.27. The molecule has 0 aliphatic rings. The molecule has 0 fully saturated rings. The van der Waals surface area contributed by atoms with Crippen molar-refractivity contribution in [2.45, 2.75) is 6.92 Å². The maximum Gasteiger partial charge on any atom is 0.161 e. The first-order chi connectivity index (χ1) is 18.6. The Hall–Kier alpha value is -5.11. The molecule has 6 rings (SSSR count). The van der Waals surface area contributed by atoms with Crippen molar-refractivity contribution in [3.8, 4) is 28.5 Å². The molecule has 3 aromatic carbocycles. The van der Waals surface area contributed by atoms with Gasteiger partial charge in [0.05, 0.1) is 18.8 Å². The average molecular weight is 504 g/mol. The molecule has 1 N–H and O–H groups in total. The Morgan fingerprint density at radius 1 is 0.816 bits per heavy atom. The molecule has 0 spiro atoms. The maximum absolute atomic E-state index is 14.2. The summed E-state index contributed by atoms with van der Waals surface area (Å²) in [6.45, 7) is 1.74. The number of nitrogens with one attached hydrogen (secondary N) is 1. The average Bonchev–Trinajstić information content (AvgIpc) is 2.95. The number of rotatable bonds is 6. The Morgan fingerprint density at radius 3 is 2.42 bits per heavy atom. The van der Waals surface area contributed by atoms with Gasteiger partial charge in [0.15, 0.2) is 11.6 Å². The van der Waals surface area contributed by atoms with E-state index in [0.717, 1.165) is 16.5 Å². The smallest absolute Gasteiger partial charge is 0.161 e. The van der Waals surface area contributed by atoms with E-state index in [0.29, 0.717) is 50.9 Å². The van der Waals surface area contributed by atoms with Crippen LogP contribution in [0.25, 0.3) is 33.1 Å². The SMILES string of the molecule is COc1cnc2c(Oc3ccc(Nc4nnc(-c5ccc(C)c(F)c5)c5ccccc45)cc3)ccnc2c1. The molecule has 0 aliphatic heterocycles. The number of halogens is 1. The zero-order valence-corrected chi connectivity index (χ0v) is 20.6. The van der Waals surface area contributed by atoms with Crippen LogP contribution in [-0.2, 0) is 0 Å². The first kappa shape index (κ1) is 23.3. The molecule has 0 unspecified atom stereocenters. The van der Waals surface area contributed by atoms with Gasteiger partial charge in [0.25, 0.3) is 0 Å². The highest BCUT2D eigenvalue weighted by Crippen LogP contribution is 2.33. The van der Waals surface area contributed by atoms with Crippen LogP contribution in [0.15, 0.2) is 91.3 Å². The predicted molar refractivity (Wildman–Crippen MR) is 146 cm³/mol. The van der Waals surface area contributed by atoms with Crippen LogP contribution in [-0.4, -0.2) is 27.3 Å². The fourth-order valence-corrected chi connectivity index (χ4v) is 4.20. The molecular weight excluding hydrogens is 481 g/mol. The predicted octanol–water partition coefficient (Wildman–Crippen LogP) is 7.23. The molecule has 38 heavy (non-hydrogen) atoms. The molecule has 6 aromatic rings. The zero-order chi connectivity index (χ0) is 26.1. The van der Waals surface area contributed by atoms with E-state index in [9.17, 15) is 4.39 Å². The Kier molecular flexibility index (Phi) is 5.97. The number of methoxy groups -OCH3 is 1. The number of anilines is 2. The molecule has 0 bridgehead atoms. The molecule has 0 atom stereocenters. The van der Waals surface area contributed by atoms with Gasteiger partial charge in [-0.15, -0.1) is 10.2 Å². The lowest BCUT2D eigenvalue weighted by Crippen LogP contribution is -1.99. The minimum Gasteiger partial charge on any atom is -0.495 e. The van der Waals surface area contributed by atoms with E-state index in [2.05, 4.69) is 25.5 Å². The quantitative estimate of drug-likeness (QED) is 0.257. The van der Waals surface area contributed by atoms with E-state index >= 15 is 0 Å². The molecule has 0 radical (unpaired) electrons. The van der Waals surface area contributed by atoms with Crippen LogP contribution in [0.3, 0.4) is 0 Å².